The topological polar surface area (TPSA) is 110 Å². The average Bonchev–Trinajstić information content (AvgIpc) is 3.41. The van der Waals surface area contributed by atoms with Gasteiger partial charge in [0.2, 0.25) is 5.91 Å². The molecular weight excluding hydrogens is 529 g/mol. The lowest BCUT2D eigenvalue weighted by molar-refractivity contribution is -0.120. The minimum Gasteiger partial charge on any atom is -0.462 e. The fourth-order valence-corrected chi connectivity index (χ4v) is 6.27. The number of anilines is 2. The smallest absolute Gasteiger partial charge is 0.319 e. The number of amides is 1. The van der Waals surface area contributed by atoms with E-state index in [0.29, 0.717) is 60.1 Å². The fourth-order valence-electron chi connectivity index (χ4n) is 5.22. The van der Waals surface area contributed by atoms with Gasteiger partial charge in [-0.3, -0.25) is 4.79 Å². The first-order valence-electron chi connectivity index (χ1n) is 12.6. The van der Waals surface area contributed by atoms with Gasteiger partial charge in [0.15, 0.2) is 10.9 Å². The highest BCUT2D eigenvalue weighted by Crippen LogP contribution is 2.42. The van der Waals surface area contributed by atoms with Crippen molar-refractivity contribution in [3.05, 3.63) is 35.1 Å². The first-order valence-corrected chi connectivity index (χ1v) is 13.8. The molecule has 1 amide bonds. The summed E-state index contributed by atoms with van der Waals surface area (Å²) >= 11 is 8.08. The molecule has 0 radical (unpaired) electrons. The van der Waals surface area contributed by atoms with E-state index < -0.39 is 5.82 Å². The highest BCUT2D eigenvalue weighted by molar-refractivity contribution is 7.22. The molecule has 198 valence electrons. The van der Waals surface area contributed by atoms with Crippen LogP contribution in [0.3, 0.4) is 0 Å². The Labute approximate surface area is 227 Å². The molecule has 2 aliphatic heterocycles. The van der Waals surface area contributed by atoms with E-state index in [1.807, 2.05) is 17.0 Å². The molecule has 9 nitrogen and oxygen atoms in total. The van der Waals surface area contributed by atoms with Crippen LogP contribution in [0.15, 0.2) is 24.3 Å². The number of rotatable bonds is 5. The van der Waals surface area contributed by atoms with Crippen LogP contribution in [-0.4, -0.2) is 71.6 Å². The Kier molecular flexibility index (Phi) is 6.67. The number of para-hydroxylation sites is 1. The maximum Gasteiger partial charge on any atom is 0.319 e. The molecule has 2 saturated heterocycles. The van der Waals surface area contributed by atoms with Crippen molar-refractivity contribution < 1.29 is 13.9 Å². The Bertz CT molecular complexity index is 1550. The molecule has 1 unspecified atom stereocenters. The third-order valence-electron chi connectivity index (χ3n) is 7.24. The number of likely N-dealkylation sites (tertiary alicyclic amines) is 1. The molecule has 0 aliphatic carbocycles. The number of likely N-dealkylation sites (N-methyl/N-ethyl adjacent to an activating group) is 1. The lowest BCUT2D eigenvalue weighted by Gasteiger charge is -2.24. The van der Waals surface area contributed by atoms with Crippen LogP contribution in [0.25, 0.3) is 32.2 Å². The maximum atomic E-state index is 16.4. The van der Waals surface area contributed by atoms with Crippen molar-refractivity contribution >= 4 is 60.9 Å². The quantitative estimate of drug-likeness (QED) is 0.379. The lowest BCUT2D eigenvalue weighted by Crippen LogP contribution is -2.31. The third-order valence-corrected chi connectivity index (χ3v) is 8.38. The van der Waals surface area contributed by atoms with Crippen molar-refractivity contribution in [3.63, 3.8) is 0 Å². The predicted molar refractivity (Wildman–Crippen MR) is 149 cm³/mol. The van der Waals surface area contributed by atoms with Crippen LogP contribution >= 0.6 is 22.9 Å². The maximum absolute atomic E-state index is 16.4. The molecule has 38 heavy (non-hydrogen) atoms. The highest BCUT2D eigenvalue weighted by Gasteiger charge is 2.26. The molecule has 0 spiro atoms. The van der Waals surface area contributed by atoms with Gasteiger partial charge in [-0.1, -0.05) is 35.1 Å². The zero-order valence-corrected chi connectivity index (χ0v) is 22.4. The van der Waals surface area contributed by atoms with Gasteiger partial charge in [-0.25, -0.2) is 9.37 Å². The van der Waals surface area contributed by atoms with Gasteiger partial charge < -0.3 is 25.6 Å². The summed E-state index contributed by atoms with van der Waals surface area (Å²) in [5.74, 6) is -0.124. The zero-order valence-electron chi connectivity index (χ0n) is 20.8. The van der Waals surface area contributed by atoms with E-state index in [-0.39, 0.29) is 34.1 Å². The number of nitrogen functional groups attached to an aromatic ring is 1. The number of aromatic nitrogens is 3. The summed E-state index contributed by atoms with van der Waals surface area (Å²) in [6.45, 7) is 2.81. The number of nitrogens with two attached hydrogens (primary N) is 1. The SMILES string of the molecule is CN1CCCC1COc1nc(N2CCNC(=O)CC2)c2cc(Cl)c(-c3cccc4sc(N)nc34)c(F)c2n1. The highest BCUT2D eigenvalue weighted by atomic mass is 35.5. The second-order valence-electron chi connectivity index (χ2n) is 9.65. The number of benzene rings is 2. The van der Waals surface area contributed by atoms with Gasteiger partial charge in [0.1, 0.15) is 17.9 Å². The van der Waals surface area contributed by atoms with E-state index in [2.05, 4.69) is 27.2 Å². The van der Waals surface area contributed by atoms with Crippen LogP contribution in [-0.2, 0) is 4.79 Å². The number of thiazole rings is 1. The minimum atomic E-state index is -0.581. The molecule has 4 aromatic rings. The summed E-state index contributed by atoms with van der Waals surface area (Å²) < 4.78 is 23.3. The van der Waals surface area contributed by atoms with E-state index in [4.69, 9.17) is 27.1 Å². The van der Waals surface area contributed by atoms with E-state index in [1.165, 1.54) is 11.3 Å². The zero-order chi connectivity index (χ0) is 26.4. The average molecular weight is 556 g/mol. The summed E-state index contributed by atoms with van der Waals surface area (Å²) in [4.78, 5) is 29.8. The normalized spacial score (nSPS) is 18.8. The molecule has 12 heteroatoms. The summed E-state index contributed by atoms with van der Waals surface area (Å²) in [6, 6.07) is 7.53. The molecule has 4 heterocycles. The second kappa shape index (κ2) is 10.1. The third kappa shape index (κ3) is 4.59. The predicted octanol–water partition coefficient (Wildman–Crippen LogP) is 4.08. The Balaban J connectivity index is 1.50. The molecule has 1 atom stereocenters. The molecular formula is C26H27ClFN7O2S. The summed E-state index contributed by atoms with van der Waals surface area (Å²) in [5.41, 5.74) is 7.38. The monoisotopic (exact) mass is 555 g/mol. The van der Waals surface area contributed by atoms with E-state index in [9.17, 15) is 4.79 Å². The Morgan fingerprint density at radius 3 is 2.92 bits per heavy atom. The summed E-state index contributed by atoms with van der Waals surface area (Å²) in [5, 5.41) is 3.94. The first-order chi connectivity index (χ1) is 18.4. The van der Waals surface area contributed by atoms with Crippen LogP contribution in [0.5, 0.6) is 6.01 Å². The molecule has 6 rings (SSSR count). The van der Waals surface area contributed by atoms with Crippen LogP contribution < -0.4 is 20.7 Å². The Morgan fingerprint density at radius 2 is 2.11 bits per heavy atom. The van der Waals surface area contributed by atoms with Gasteiger partial charge in [-0.15, -0.1) is 0 Å². The Hall–Kier alpha value is -3.28. The van der Waals surface area contributed by atoms with Gasteiger partial charge in [-0.05, 0) is 38.6 Å². The van der Waals surface area contributed by atoms with Crippen molar-refractivity contribution in [2.75, 3.05) is 50.5 Å². The van der Waals surface area contributed by atoms with Crippen molar-refractivity contribution in [2.24, 2.45) is 0 Å². The molecule has 2 aliphatic rings. The number of nitrogens with zero attached hydrogens (tertiary/aromatic N) is 5. The van der Waals surface area contributed by atoms with Gasteiger partial charge in [-0.2, -0.15) is 9.97 Å². The van der Waals surface area contributed by atoms with Crippen molar-refractivity contribution in [1.82, 2.24) is 25.2 Å². The molecule has 2 aromatic carbocycles. The van der Waals surface area contributed by atoms with Crippen LogP contribution in [0, 0.1) is 5.82 Å². The van der Waals surface area contributed by atoms with Crippen LogP contribution in [0.2, 0.25) is 5.02 Å². The number of carbonyl (C=O) groups excluding carboxylic acids is 1. The van der Waals surface area contributed by atoms with Crippen molar-refractivity contribution in [2.45, 2.75) is 25.3 Å². The van der Waals surface area contributed by atoms with E-state index >= 15 is 4.39 Å². The standard InChI is InChI=1S/C26H27ClFN7O2S/c1-34-9-3-4-14(34)13-37-26-32-23-16(24(33-26)35-10-7-19(36)30-8-11-35)12-17(27)20(21(23)28)15-5-2-6-18-22(15)31-25(29)38-18/h2,5-6,12,14H,3-4,7-11,13H2,1H3,(H2,29,31)(H,30,36). The van der Waals surface area contributed by atoms with Gasteiger partial charge >= 0.3 is 6.01 Å². The fraction of sp³-hybridized carbons (Fsp3) is 0.385. The van der Waals surface area contributed by atoms with Crippen LogP contribution in [0.4, 0.5) is 15.3 Å². The number of ether oxygens (including phenoxy) is 1. The molecule has 0 bridgehead atoms. The van der Waals surface area contributed by atoms with Crippen molar-refractivity contribution in [3.8, 4) is 17.1 Å². The number of nitrogens with one attached hydrogen (secondary N) is 1. The van der Waals surface area contributed by atoms with E-state index in [1.54, 1.807) is 12.1 Å². The van der Waals surface area contributed by atoms with Crippen molar-refractivity contribution in [1.29, 1.82) is 0 Å². The molecule has 0 saturated carbocycles. The van der Waals surface area contributed by atoms with Gasteiger partial charge in [0.25, 0.3) is 0 Å². The van der Waals surface area contributed by atoms with Gasteiger partial charge in [0, 0.05) is 48.6 Å². The number of fused-ring (bicyclic) bond motifs is 2. The number of hydrogen-bond acceptors (Lipinski definition) is 9. The second-order valence-corrected chi connectivity index (χ2v) is 11.1. The first kappa shape index (κ1) is 25.0. The largest absolute Gasteiger partial charge is 0.462 e. The van der Waals surface area contributed by atoms with E-state index in [0.717, 1.165) is 24.1 Å². The number of halogens is 2. The van der Waals surface area contributed by atoms with Crippen LogP contribution in [0.1, 0.15) is 19.3 Å². The number of hydrogen-bond donors (Lipinski definition) is 2. The molecule has 3 N–H and O–H groups in total. The number of carbonyl (C=O) groups is 1. The summed E-state index contributed by atoms with van der Waals surface area (Å²) in [7, 11) is 2.06. The molecule has 2 fully saturated rings. The Morgan fingerprint density at radius 1 is 1.24 bits per heavy atom. The summed E-state index contributed by atoms with van der Waals surface area (Å²) in [6.07, 6.45) is 2.42. The minimum absolute atomic E-state index is 0.0336. The lowest BCUT2D eigenvalue weighted by atomic mass is 10.0. The molecule has 2 aromatic heterocycles. The van der Waals surface area contributed by atoms with Gasteiger partial charge in [0.05, 0.1) is 15.2 Å².